The van der Waals surface area contributed by atoms with Gasteiger partial charge in [0.25, 0.3) is 0 Å². The van der Waals surface area contributed by atoms with Crippen molar-refractivity contribution in [2.24, 2.45) is 0 Å². The van der Waals surface area contributed by atoms with Crippen molar-refractivity contribution in [1.29, 1.82) is 0 Å². The van der Waals surface area contributed by atoms with E-state index in [0.29, 0.717) is 11.0 Å². The summed E-state index contributed by atoms with van der Waals surface area (Å²) in [5.41, 5.74) is 6.16. The Morgan fingerprint density at radius 2 is 1.88 bits per heavy atom. The first-order valence-electron chi connectivity index (χ1n) is 9.22. The Kier molecular flexibility index (Phi) is 7.13. The standard InChI is InChI=1S/C19H18N6O6Se/c20-19-24-15-14(17(29)25-19)22-10(7-21-15)8-32-11-3-1-9(2-4-11)16(28)23-12(18(30)31)5-6-13(26)27/h1-4,7,12H,5-6,8H2,(H,23,28)(H,26,27)(H,30,31)(H3,20,21,24,25,29). The Bertz CT molecular complexity index is 1230. The number of carbonyl (C=O) groups is 3. The first kappa shape index (κ1) is 22.8. The second-order valence-corrected chi connectivity index (χ2v) is 8.79. The number of H-pyrrole nitrogens is 1. The van der Waals surface area contributed by atoms with Gasteiger partial charge >= 0.3 is 186 Å². The van der Waals surface area contributed by atoms with E-state index in [2.05, 4.69) is 25.3 Å². The number of anilines is 1. The summed E-state index contributed by atoms with van der Waals surface area (Å²) in [4.78, 5) is 60.8. The molecule has 6 N–H and O–H groups in total. The van der Waals surface area contributed by atoms with Gasteiger partial charge in [-0.1, -0.05) is 0 Å². The molecule has 0 bridgehead atoms. The average Bonchev–Trinajstić information content (AvgIpc) is 2.75. The van der Waals surface area contributed by atoms with Gasteiger partial charge in [-0.05, 0) is 0 Å². The zero-order valence-electron chi connectivity index (χ0n) is 16.4. The first-order valence-corrected chi connectivity index (χ1v) is 11.3. The van der Waals surface area contributed by atoms with Gasteiger partial charge in [-0.3, -0.25) is 0 Å². The van der Waals surface area contributed by atoms with Crippen molar-refractivity contribution in [2.45, 2.75) is 24.2 Å². The average molecular weight is 505 g/mol. The summed E-state index contributed by atoms with van der Waals surface area (Å²) in [5, 5.41) is 20.7. The third-order valence-corrected chi connectivity index (χ3v) is 6.43. The summed E-state index contributed by atoms with van der Waals surface area (Å²) in [6.07, 6.45) is 0.946. The molecule has 0 saturated heterocycles. The molecule has 13 heteroatoms. The van der Waals surface area contributed by atoms with E-state index in [1.165, 1.54) is 6.20 Å². The van der Waals surface area contributed by atoms with Gasteiger partial charge in [0.2, 0.25) is 0 Å². The van der Waals surface area contributed by atoms with Crippen LogP contribution < -0.4 is 21.1 Å². The summed E-state index contributed by atoms with van der Waals surface area (Å²) < 4.78 is 0.945. The van der Waals surface area contributed by atoms with Crippen molar-refractivity contribution in [2.75, 3.05) is 5.73 Å². The van der Waals surface area contributed by atoms with Gasteiger partial charge in [0.15, 0.2) is 0 Å². The minimum atomic E-state index is -1.30. The summed E-state index contributed by atoms with van der Waals surface area (Å²) in [5.74, 6) is -3.08. The molecule has 1 amide bonds. The fourth-order valence-corrected chi connectivity index (χ4v) is 4.31. The van der Waals surface area contributed by atoms with Gasteiger partial charge in [-0.25, -0.2) is 0 Å². The molecule has 0 saturated carbocycles. The maximum absolute atomic E-state index is 12.3. The molecule has 0 radical (unpaired) electrons. The molecule has 12 nitrogen and oxygen atoms in total. The third kappa shape index (κ3) is 5.86. The Morgan fingerprint density at radius 3 is 2.53 bits per heavy atom. The first-order chi connectivity index (χ1) is 15.2. The number of carboxylic acid groups (broad SMARTS) is 2. The van der Waals surface area contributed by atoms with Crippen LogP contribution in [0, 0.1) is 0 Å². The predicted octanol–water partition coefficient (Wildman–Crippen LogP) is -1.13. The molecule has 3 aromatic rings. The van der Waals surface area contributed by atoms with Gasteiger partial charge in [0.05, 0.1) is 0 Å². The number of benzene rings is 1. The van der Waals surface area contributed by atoms with Crippen LogP contribution in [0.5, 0.6) is 0 Å². The maximum atomic E-state index is 12.3. The van der Waals surface area contributed by atoms with E-state index in [-0.39, 0.29) is 50.5 Å². The quantitative estimate of drug-likeness (QED) is 0.222. The number of hydrogen-bond donors (Lipinski definition) is 5. The predicted molar refractivity (Wildman–Crippen MR) is 114 cm³/mol. The summed E-state index contributed by atoms with van der Waals surface area (Å²) in [6, 6.07) is 5.32. The number of aromatic amines is 1. The molecule has 1 atom stereocenters. The number of carboxylic acids is 2. The van der Waals surface area contributed by atoms with Crippen LogP contribution in [0.4, 0.5) is 5.95 Å². The van der Waals surface area contributed by atoms with Crippen molar-refractivity contribution in [1.82, 2.24) is 25.3 Å². The fourth-order valence-electron chi connectivity index (χ4n) is 2.67. The van der Waals surface area contributed by atoms with Crippen LogP contribution in [0.3, 0.4) is 0 Å². The molecule has 166 valence electrons. The number of nitrogens with one attached hydrogen (secondary N) is 2. The molecule has 1 unspecified atom stereocenters. The number of nitrogens with zero attached hydrogens (tertiary/aromatic N) is 3. The minimum absolute atomic E-state index is 0.0329. The number of aliphatic carboxylic acids is 2. The number of aromatic nitrogens is 4. The van der Waals surface area contributed by atoms with Crippen LogP contribution in [-0.4, -0.2) is 69.0 Å². The zero-order chi connectivity index (χ0) is 23.3. The molecule has 32 heavy (non-hydrogen) atoms. The molecule has 0 fully saturated rings. The number of nitrogens with two attached hydrogens (primary N) is 1. The molecule has 2 aromatic heterocycles. The number of rotatable bonds is 9. The molecule has 0 aliphatic rings. The number of carbonyl (C=O) groups excluding carboxylic acids is 1. The van der Waals surface area contributed by atoms with Crippen molar-refractivity contribution >= 4 is 54.4 Å². The van der Waals surface area contributed by atoms with Crippen molar-refractivity contribution in [3.8, 4) is 0 Å². The normalized spacial score (nSPS) is 11.8. The summed E-state index contributed by atoms with van der Waals surface area (Å²) in [7, 11) is 0. The van der Waals surface area contributed by atoms with E-state index < -0.39 is 29.4 Å². The van der Waals surface area contributed by atoms with Crippen molar-refractivity contribution in [3.05, 3.63) is 52.1 Å². The van der Waals surface area contributed by atoms with E-state index in [4.69, 9.17) is 15.9 Å². The molecular weight excluding hydrogens is 487 g/mol. The van der Waals surface area contributed by atoms with Gasteiger partial charge in [0.1, 0.15) is 0 Å². The van der Waals surface area contributed by atoms with Crippen LogP contribution >= 0.6 is 0 Å². The molecule has 0 aliphatic heterocycles. The topological polar surface area (TPSA) is 201 Å². The molecule has 0 aliphatic carbocycles. The molecule has 2 heterocycles. The Labute approximate surface area is 186 Å². The second-order valence-electron chi connectivity index (χ2n) is 6.59. The van der Waals surface area contributed by atoms with Crippen molar-refractivity contribution in [3.63, 3.8) is 0 Å². The van der Waals surface area contributed by atoms with E-state index in [0.717, 1.165) is 4.46 Å². The zero-order valence-corrected chi connectivity index (χ0v) is 18.2. The van der Waals surface area contributed by atoms with Crippen LogP contribution in [0.2, 0.25) is 0 Å². The molecular formula is C19H18N6O6Se. The van der Waals surface area contributed by atoms with Gasteiger partial charge < -0.3 is 0 Å². The second kappa shape index (κ2) is 9.98. The van der Waals surface area contributed by atoms with Gasteiger partial charge in [-0.15, -0.1) is 0 Å². The SMILES string of the molecule is Nc1nc2ncc(C[Se]c3ccc(C(=O)NC(CCC(=O)O)C(=O)O)cc3)nc2c(=O)[nH]1. The van der Waals surface area contributed by atoms with Crippen molar-refractivity contribution < 1.29 is 24.6 Å². The molecule has 3 rings (SSSR count). The Hall–Kier alpha value is -3.83. The van der Waals surface area contributed by atoms with Gasteiger partial charge in [0, 0.05) is 0 Å². The third-order valence-electron chi connectivity index (χ3n) is 4.24. The van der Waals surface area contributed by atoms with Crippen LogP contribution in [0.25, 0.3) is 11.2 Å². The monoisotopic (exact) mass is 506 g/mol. The Morgan fingerprint density at radius 1 is 1.16 bits per heavy atom. The fraction of sp³-hybridized carbons (Fsp3) is 0.211. The van der Waals surface area contributed by atoms with E-state index in [1.54, 1.807) is 24.3 Å². The summed E-state index contributed by atoms with van der Waals surface area (Å²) in [6.45, 7) is 0. The Balaban J connectivity index is 1.62. The van der Waals surface area contributed by atoms with E-state index in [1.807, 2.05) is 0 Å². The summed E-state index contributed by atoms with van der Waals surface area (Å²) >= 11 is -0.0730. The number of nitrogen functional groups attached to an aromatic ring is 1. The van der Waals surface area contributed by atoms with Gasteiger partial charge in [-0.2, -0.15) is 0 Å². The molecule has 1 aromatic carbocycles. The number of hydrogen-bond acceptors (Lipinski definition) is 8. The van der Waals surface area contributed by atoms with E-state index >= 15 is 0 Å². The van der Waals surface area contributed by atoms with Crippen LogP contribution in [0.15, 0.2) is 35.3 Å². The van der Waals surface area contributed by atoms with Crippen LogP contribution in [-0.2, 0) is 14.9 Å². The number of fused-ring (bicyclic) bond motifs is 1. The van der Waals surface area contributed by atoms with Crippen LogP contribution in [0.1, 0.15) is 28.9 Å². The molecule has 0 spiro atoms. The number of amides is 1. The van der Waals surface area contributed by atoms with E-state index in [9.17, 15) is 19.2 Å².